The molecule has 17 heavy (non-hydrogen) atoms. The van der Waals surface area contributed by atoms with Crippen LogP contribution in [-0.2, 0) is 0 Å². The van der Waals surface area contributed by atoms with Gasteiger partial charge in [-0.1, -0.05) is 0 Å². The second-order valence-electron chi connectivity index (χ2n) is 3.83. The minimum atomic E-state index is -0.455. The molecule has 0 atom stereocenters. The number of primary amides is 1. The lowest BCUT2D eigenvalue weighted by molar-refractivity contribution is 0.100. The molecule has 0 radical (unpaired) electrons. The third-order valence-electron chi connectivity index (χ3n) is 2.44. The molecule has 88 valence electrons. The second-order valence-corrected chi connectivity index (χ2v) is 3.83. The summed E-state index contributed by atoms with van der Waals surface area (Å²) in [6.07, 6.45) is 3.13. The lowest BCUT2D eigenvalue weighted by Gasteiger charge is -2.16. The molecule has 0 unspecified atom stereocenters. The van der Waals surface area contributed by atoms with Crippen LogP contribution in [0, 0.1) is 0 Å². The third kappa shape index (κ3) is 2.10. The Hall–Kier alpha value is -2.37. The van der Waals surface area contributed by atoms with Crippen molar-refractivity contribution in [2.24, 2.45) is 5.73 Å². The molecule has 2 rings (SSSR count). The molecule has 0 aliphatic heterocycles. The summed E-state index contributed by atoms with van der Waals surface area (Å²) in [6, 6.07) is 5.45. The number of carbonyl (C=O) groups is 1. The van der Waals surface area contributed by atoms with Crippen molar-refractivity contribution in [1.29, 1.82) is 0 Å². The normalized spacial score (nSPS) is 10.2. The Kier molecular flexibility index (Phi) is 2.78. The standard InChI is InChI=1S/C11H13N5O/c1-15(2)10-4-3-8(5-9(10)11(12)17)16-6-13-14-7-16/h3-7H,1-2H3,(H2,12,17). The predicted molar refractivity (Wildman–Crippen MR) is 64.2 cm³/mol. The van der Waals surface area contributed by atoms with Gasteiger partial charge in [-0.15, -0.1) is 10.2 Å². The summed E-state index contributed by atoms with van der Waals surface area (Å²) in [4.78, 5) is 13.2. The van der Waals surface area contributed by atoms with Crippen LogP contribution < -0.4 is 10.6 Å². The minimum Gasteiger partial charge on any atom is -0.377 e. The molecule has 1 aromatic carbocycles. The van der Waals surface area contributed by atoms with Crippen molar-refractivity contribution in [3.05, 3.63) is 36.4 Å². The highest BCUT2D eigenvalue weighted by Gasteiger charge is 2.11. The first-order chi connectivity index (χ1) is 8.09. The Morgan fingerprint density at radius 2 is 1.94 bits per heavy atom. The zero-order valence-electron chi connectivity index (χ0n) is 9.66. The Morgan fingerprint density at radius 3 is 2.47 bits per heavy atom. The Labute approximate surface area is 98.7 Å². The van der Waals surface area contributed by atoms with E-state index in [0.717, 1.165) is 11.4 Å². The summed E-state index contributed by atoms with van der Waals surface area (Å²) >= 11 is 0. The number of nitrogens with two attached hydrogens (primary N) is 1. The summed E-state index contributed by atoms with van der Waals surface area (Å²) in [7, 11) is 3.72. The smallest absolute Gasteiger partial charge is 0.250 e. The molecule has 0 spiro atoms. The van der Waals surface area contributed by atoms with Crippen molar-refractivity contribution in [3.8, 4) is 5.69 Å². The molecule has 0 bridgehead atoms. The van der Waals surface area contributed by atoms with Crippen molar-refractivity contribution >= 4 is 11.6 Å². The van der Waals surface area contributed by atoms with E-state index in [2.05, 4.69) is 10.2 Å². The van der Waals surface area contributed by atoms with Crippen LogP contribution in [0.2, 0.25) is 0 Å². The number of carbonyl (C=O) groups excluding carboxylic acids is 1. The van der Waals surface area contributed by atoms with E-state index in [1.807, 2.05) is 31.1 Å². The van der Waals surface area contributed by atoms with Gasteiger partial charge < -0.3 is 10.6 Å². The van der Waals surface area contributed by atoms with E-state index < -0.39 is 5.91 Å². The summed E-state index contributed by atoms with van der Waals surface area (Å²) in [5.74, 6) is -0.455. The Balaban J connectivity index is 2.53. The van der Waals surface area contributed by atoms with E-state index in [4.69, 9.17) is 5.73 Å². The van der Waals surface area contributed by atoms with Crippen molar-refractivity contribution in [2.75, 3.05) is 19.0 Å². The molecule has 6 nitrogen and oxygen atoms in total. The van der Waals surface area contributed by atoms with Crippen LogP contribution in [0.25, 0.3) is 5.69 Å². The molecule has 2 aromatic rings. The van der Waals surface area contributed by atoms with Crippen LogP contribution in [0.3, 0.4) is 0 Å². The molecule has 0 saturated heterocycles. The molecule has 1 amide bonds. The van der Waals surface area contributed by atoms with Crippen molar-refractivity contribution in [1.82, 2.24) is 14.8 Å². The summed E-state index contributed by atoms with van der Waals surface area (Å²) < 4.78 is 1.71. The Bertz CT molecular complexity index is 533. The quantitative estimate of drug-likeness (QED) is 0.831. The lowest BCUT2D eigenvalue weighted by Crippen LogP contribution is -2.19. The molecule has 0 aliphatic carbocycles. The van der Waals surface area contributed by atoms with Crippen molar-refractivity contribution in [2.45, 2.75) is 0 Å². The maximum atomic E-state index is 11.4. The van der Waals surface area contributed by atoms with E-state index in [9.17, 15) is 4.79 Å². The van der Waals surface area contributed by atoms with Gasteiger partial charge in [0.1, 0.15) is 12.7 Å². The highest BCUT2D eigenvalue weighted by atomic mass is 16.1. The van der Waals surface area contributed by atoms with Gasteiger partial charge in [-0.2, -0.15) is 0 Å². The molecule has 0 aliphatic rings. The first kappa shape index (κ1) is 11.1. The van der Waals surface area contributed by atoms with Crippen LogP contribution in [0.5, 0.6) is 0 Å². The lowest BCUT2D eigenvalue weighted by atomic mass is 10.1. The largest absolute Gasteiger partial charge is 0.377 e. The van der Waals surface area contributed by atoms with Crippen molar-refractivity contribution < 1.29 is 4.79 Å². The number of anilines is 1. The monoisotopic (exact) mass is 231 g/mol. The highest BCUT2D eigenvalue weighted by Crippen LogP contribution is 2.21. The van der Waals surface area contributed by atoms with Crippen LogP contribution in [-0.4, -0.2) is 34.8 Å². The molecular formula is C11H13N5O. The van der Waals surface area contributed by atoms with E-state index in [1.54, 1.807) is 23.3 Å². The van der Waals surface area contributed by atoms with Gasteiger partial charge >= 0.3 is 0 Å². The van der Waals surface area contributed by atoms with Crippen LogP contribution in [0.4, 0.5) is 5.69 Å². The van der Waals surface area contributed by atoms with Gasteiger partial charge in [0.05, 0.1) is 5.56 Å². The van der Waals surface area contributed by atoms with Gasteiger partial charge in [-0.3, -0.25) is 9.36 Å². The van der Waals surface area contributed by atoms with Gasteiger partial charge in [-0.25, -0.2) is 0 Å². The minimum absolute atomic E-state index is 0.455. The van der Waals surface area contributed by atoms with Crippen LogP contribution in [0.15, 0.2) is 30.9 Å². The third-order valence-corrected chi connectivity index (χ3v) is 2.44. The van der Waals surface area contributed by atoms with Gasteiger partial charge in [0.25, 0.3) is 5.91 Å². The number of aromatic nitrogens is 3. The molecule has 2 N–H and O–H groups in total. The fourth-order valence-corrected chi connectivity index (χ4v) is 1.61. The average molecular weight is 231 g/mol. The number of nitrogens with zero attached hydrogens (tertiary/aromatic N) is 4. The number of hydrogen-bond donors (Lipinski definition) is 1. The van der Waals surface area contributed by atoms with E-state index in [-0.39, 0.29) is 0 Å². The van der Waals surface area contributed by atoms with Crippen LogP contribution >= 0.6 is 0 Å². The second kappa shape index (κ2) is 4.25. The molecule has 6 heteroatoms. The molecule has 0 saturated carbocycles. The van der Waals surface area contributed by atoms with E-state index in [1.165, 1.54) is 0 Å². The topological polar surface area (TPSA) is 77.0 Å². The maximum Gasteiger partial charge on any atom is 0.250 e. The van der Waals surface area contributed by atoms with Gasteiger partial charge in [0.2, 0.25) is 0 Å². The predicted octanol–water partition coefficient (Wildman–Crippen LogP) is 0.432. The first-order valence-corrected chi connectivity index (χ1v) is 5.06. The number of rotatable bonds is 3. The maximum absolute atomic E-state index is 11.4. The first-order valence-electron chi connectivity index (χ1n) is 5.06. The number of amides is 1. The molecular weight excluding hydrogens is 218 g/mol. The molecule has 0 fully saturated rings. The summed E-state index contributed by atoms with van der Waals surface area (Å²) in [5, 5.41) is 7.43. The number of benzene rings is 1. The number of hydrogen-bond acceptors (Lipinski definition) is 4. The Morgan fingerprint density at radius 1 is 1.29 bits per heavy atom. The average Bonchev–Trinajstić information content (AvgIpc) is 2.81. The molecule has 1 aromatic heterocycles. The fourth-order valence-electron chi connectivity index (χ4n) is 1.61. The van der Waals surface area contributed by atoms with Gasteiger partial charge in [-0.05, 0) is 18.2 Å². The van der Waals surface area contributed by atoms with Crippen LogP contribution in [0.1, 0.15) is 10.4 Å². The SMILES string of the molecule is CN(C)c1ccc(-n2cnnc2)cc1C(N)=O. The van der Waals surface area contributed by atoms with E-state index >= 15 is 0 Å². The fraction of sp³-hybridized carbons (Fsp3) is 0.182. The zero-order valence-corrected chi connectivity index (χ0v) is 9.66. The summed E-state index contributed by atoms with van der Waals surface area (Å²) in [5.41, 5.74) is 7.43. The highest BCUT2D eigenvalue weighted by molar-refractivity contribution is 5.99. The zero-order chi connectivity index (χ0) is 12.4. The van der Waals surface area contributed by atoms with Crippen molar-refractivity contribution in [3.63, 3.8) is 0 Å². The van der Waals surface area contributed by atoms with Gasteiger partial charge in [0.15, 0.2) is 0 Å². The summed E-state index contributed by atoms with van der Waals surface area (Å²) in [6.45, 7) is 0. The van der Waals surface area contributed by atoms with E-state index in [0.29, 0.717) is 5.56 Å². The van der Waals surface area contributed by atoms with Gasteiger partial charge in [0, 0.05) is 25.5 Å². The molecule has 1 heterocycles.